The zero-order valence-electron chi connectivity index (χ0n) is 9.59. The van der Waals surface area contributed by atoms with Crippen molar-refractivity contribution < 1.29 is 9.53 Å². The van der Waals surface area contributed by atoms with Crippen molar-refractivity contribution in [3.63, 3.8) is 0 Å². The predicted octanol–water partition coefficient (Wildman–Crippen LogP) is 0.655. The number of amides is 1. The first-order valence-corrected chi connectivity index (χ1v) is 5.06. The minimum absolute atomic E-state index is 0.0416. The minimum atomic E-state index is -0.673. The average molecular weight is 202 g/mol. The van der Waals surface area contributed by atoms with Gasteiger partial charge >= 0.3 is 0 Å². The van der Waals surface area contributed by atoms with Gasteiger partial charge in [-0.3, -0.25) is 4.79 Å². The van der Waals surface area contributed by atoms with Crippen LogP contribution in [-0.4, -0.2) is 31.2 Å². The molecule has 84 valence electrons. The Morgan fingerprint density at radius 2 is 2.21 bits per heavy atom. The maximum absolute atomic E-state index is 11.2. The van der Waals surface area contributed by atoms with E-state index in [9.17, 15) is 4.79 Å². The molecule has 0 aliphatic rings. The fourth-order valence-electron chi connectivity index (χ4n) is 1.28. The number of nitrogens with one attached hydrogen (secondary N) is 1. The van der Waals surface area contributed by atoms with Crippen molar-refractivity contribution in [1.82, 2.24) is 5.32 Å². The van der Waals surface area contributed by atoms with Gasteiger partial charge in [0.05, 0.1) is 11.6 Å². The topological polar surface area (TPSA) is 64.3 Å². The second-order valence-corrected chi connectivity index (χ2v) is 3.83. The summed E-state index contributed by atoms with van der Waals surface area (Å²) in [5.74, 6) is -0.341. The largest absolute Gasteiger partial charge is 0.378 e. The molecule has 0 fully saturated rings. The number of ether oxygens (including phenoxy) is 1. The zero-order valence-corrected chi connectivity index (χ0v) is 9.59. The van der Waals surface area contributed by atoms with Gasteiger partial charge in [-0.15, -0.1) is 0 Å². The third-order valence-corrected chi connectivity index (χ3v) is 2.40. The van der Waals surface area contributed by atoms with Crippen molar-refractivity contribution in [3.05, 3.63) is 0 Å². The van der Waals surface area contributed by atoms with E-state index in [2.05, 4.69) is 12.2 Å². The van der Waals surface area contributed by atoms with Gasteiger partial charge in [-0.2, -0.15) is 0 Å². The SMILES string of the molecule is CCCOC(C)CC(C)(NC)C(N)=O. The standard InChI is InChI=1S/C10H22N2O2/c1-5-6-14-8(2)7-10(3,12-4)9(11)13/h8,12H,5-7H2,1-4H3,(H2,11,13). The number of nitrogens with two attached hydrogens (primary N) is 1. The molecule has 4 nitrogen and oxygen atoms in total. The molecule has 2 unspecified atom stereocenters. The highest BCUT2D eigenvalue weighted by Crippen LogP contribution is 2.13. The molecule has 4 heteroatoms. The second-order valence-electron chi connectivity index (χ2n) is 3.83. The van der Waals surface area contributed by atoms with Gasteiger partial charge in [0.25, 0.3) is 0 Å². The van der Waals surface area contributed by atoms with E-state index in [1.807, 2.05) is 6.92 Å². The fourth-order valence-corrected chi connectivity index (χ4v) is 1.28. The first-order chi connectivity index (χ1) is 6.46. The van der Waals surface area contributed by atoms with E-state index in [1.54, 1.807) is 14.0 Å². The molecule has 2 atom stereocenters. The van der Waals surface area contributed by atoms with Crippen LogP contribution in [0.3, 0.4) is 0 Å². The van der Waals surface area contributed by atoms with Gasteiger partial charge in [0.1, 0.15) is 0 Å². The molecule has 0 bridgehead atoms. The van der Waals surface area contributed by atoms with Gasteiger partial charge < -0.3 is 15.8 Å². The Morgan fingerprint density at radius 1 is 1.64 bits per heavy atom. The van der Waals surface area contributed by atoms with Crippen molar-refractivity contribution in [1.29, 1.82) is 0 Å². The Morgan fingerprint density at radius 3 is 2.57 bits per heavy atom. The van der Waals surface area contributed by atoms with Crippen LogP contribution < -0.4 is 11.1 Å². The molecule has 0 aliphatic heterocycles. The van der Waals surface area contributed by atoms with Crippen LogP contribution in [0.1, 0.15) is 33.6 Å². The number of carbonyl (C=O) groups excluding carboxylic acids is 1. The summed E-state index contributed by atoms with van der Waals surface area (Å²) in [6.45, 7) is 6.52. The molecule has 0 saturated heterocycles. The van der Waals surface area contributed by atoms with Gasteiger partial charge in [0.2, 0.25) is 5.91 Å². The van der Waals surface area contributed by atoms with E-state index in [1.165, 1.54) is 0 Å². The lowest BCUT2D eigenvalue weighted by molar-refractivity contribution is -0.125. The summed E-state index contributed by atoms with van der Waals surface area (Å²) >= 11 is 0. The Balaban J connectivity index is 4.10. The predicted molar refractivity (Wildman–Crippen MR) is 57.0 cm³/mol. The lowest BCUT2D eigenvalue weighted by Gasteiger charge is -2.28. The minimum Gasteiger partial charge on any atom is -0.378 e. The quantitative estimate of drug-likeness (QED) is 0.637. The highest BCUT2D eigenvalue weighted by molar-refractivity contribution is 5.84. The van der Waals surface area contributed by atoms with Crippen LogP contribution in [0.2, 0.25) is 0 Å². The molecule has 3 N–H and O–H groups in total. The lowest BCUT2D eigenvalue weighted by Crippen LogP contribution is -2.53. The summed E-state index contributed by atoms with van der Waals surface area (Å²) in [6, 6.07) is 0. The number of hydrogen-bond donors (Lipinski definition) is 2. The van der Waals surface area contributed by atoms with Crippen LogP contribution in [0.4, 0.5) is 0 Å². The highest BCUT2D eigenvalue weighted by Gasteiger charge is 2.31. The Kier molecular flexibility index (Phi) is 5.72. The van der Waals surface area contributed by atoms with Crippen molar-refractivity contribution >= 4 is 5.91 Å². The number of likely N-dealkylation sites (N-methyl/N-ethyl adjacent to an activating group) is 1. The summed E-state index contributed by atoms with van der Waals surface area (Å²) in [7, 11) is 1.73. The number of primary amides is 1. The smallest absolute Gasteiger partial charge is 0.237 e. The number of carbonyl (C=O) groups is 1. The van der Waals surface area contributed by atoms with Gasteiger partial charge in [-0.1, -0.05) is 6.92 Å². The van der Waals surface area contributed by atoms with E-state index in [-0.39, 0.29) is 12.0 Å². The van der Waals surface area contributed by atoms with Gasteiger partial charge in [-0.25, -0.2) is 0 Å². The summed E-state index contributed by atoms with van der Waals surface area (Å²) in [5, 5.41) is 2.93. The van der Waals surface area contributed by atoms with E-state index < -0.39 is 5.54 Å². The van der Waals surface area contributed by atoms with E-state index >= 15 is 0 Å². The summed E-state index contributed by atoms with van der Waals surface area (Å²) in [4.78, 5) is 11.2. The first kappa shape index (κ1) is 13.4. The third kappa shape index (κ3) is 4.07. The molecule has 0 aliphatic carbocycles. The molecule has 0 aromatic heterocycles. The maximum Gasteiger partial charge on any atom is 0.237 e. The van der Waals surface area contributed by atoms with E-state index in [4.69, 9.17) is 10.5 Å². The normalized spacial score (nSPS) is 17.4. The summed E-state index contributed by atoms with van der Waals surface area (Å²) < 4.78 is 5.49. The molecule has 14 heavy (non-hydrogen) atoms. The number of hydrogen-bond acceptors (Lipinski definition) is 3. The Bertz CT molecular complexity index is 185. The molecule has 0 heterocycles. The van der Waals surface area contributed by atoms with E-state index in [0.717, 1.165) is 13.0 Å². The Hall–Kier alpha value is -0.610. The number of rotatable bonds is 7. The van der Waals surface area contributed by atoms with Crippen LogP contribution >= 0.6 is 0 Å². The van der Waals surface area contributed by atoms with Crippen molar-refractivity contribution in [2.24, 2.45) is 5.73 Å². The van der Waals surface area contributed by atoms with Crippen molar-refractivity contribution in [2.75, 3.05) is 13.7 Å². The molecular weight excluding hydrogens is 180 g/mol. The van der Waals surface area contributed by atoms with Crippen molar-refractivity contribution in [3.8, 4) is 0 Å². The molecule has 0 aromatic rings. The molecule has 1 amide bonds. The van der Waals surface area contributed by atoms with Crippen molar-refractivity contribution in [2.45, 2.75) is 45.3 Å². The van der Waals surface area contributed by atoms with E-state index in [0.29, 0.717) is 6.42 Å². The molecule has 0 aromatic carbocycles. The highest BCUT2D eigenvalue weighted by atomic mass is 16.5. The van der Waals surface area contributed by atoms with Crippen LogP contribution in [-0.2, 0) is 9.53 Å². The van der Waals surface area contributed by atoms with Crippen LogP contribution in [0, 0.1) is 0 Å². The zero-order chi connectivity index (χ0) is 11.2. The molecular formula is C10H22N2O2. The van der Waals surface area contributed by atoms with Gasteiger partial charge in [-0.05, 0) is 27.3 Å². The molecule has 0 saturated carbocycles. The average Bonchev–Trinajstić information content (AvgIpc) is 2.14. The van der Waals surface area contributed by atoms with Crippen LogP contribution in [0.5, 0.6) is 0 Å². The molecule has 0 radical (unpaired) electrons. The summed E-state index contributed by atoms with van der Waals surface area (Å²) in [6.07, 6.45) is 1.62. The fraction of sp³-hybridized carbons (Fsp3) is 0.900. The second kappa shape index (κ2) is 5.98. The monoisotopic (exact) mass is 202 g/mol. The lowest BCUT2D eigenvalue weighted by atomic mass is 9.94. The first-order valence-electron chi connectivity index (χ1n) is 5.06. The van der Waals surface area contributed by atoms with Gasteiger partial charge in [0.15, 0.2) is 0 Å². The Labute approximate surface area is 86.2 Å². The van der Waals surface area contributed by atoms with Crippen LogP contribution in [0.15, 0.2) is 0 Å². The third-order valence-electron chi connectivity index (χ3n) is 2.40. The maximum atomic E-state index is 11.2. The summed E-state index contributed by atoms with van der Waals surface area (Å²) in [5.41, 5.74) is 4.63. The molecule has 0 rings (SSSR count). The van der Waals surface area contributed by atoms with Crippen LogP contribution in [0.25, 0.3) is 0 Å². The van der Waals surface area contributed by atoms with Gasteiger partial charge in [0, 0.05) is 13.0 Å². The molecule has 0 spiro atoms.